The van der Waals surface area contributed by atoms with Gasteiger partial charge in [-0.15, -0.1) is 0 Å². The molecule has 174 valence electrons. The molecule has 0 N–H and O–H groups in total. The van der Waals surface area contributed by atoms with Crippen LogP contribution in [0.15, 0.2) is 41.5 Å². The number of benzene rings is 1. The molecule has 3 heterocycles. The fraction of sp³-hybridized carbons (Fsp3) is 0.500. The summed E-state index contributed by atoms with van der Waals surface area (Å²) in [6.07, 6.45) is 7.17. The van der Waals surface area contributed by atoms with E-state index in [1.54, 1.807) is 24.0 Å². The fourth-order valence-corrected chi connectivity index (χ4v) is 5.42. The Morgan fingerprint density at radius 1 is 1.03 bits per heavy atom. The van der Waals surface area contributed by atoms with Crippen LogP contribution in [0.5, 0.6) is 0 Å². The smallest absolute Gasteiger partial charge is 0.328 e. The van der Waals surface area contributed by atoms with Crippen LogP contribution < -0.4 is 10.6 Å². The van der Waals surface area contributed by atoms with Crippen molar-refractivity contribution in [2.75, 3.05) is 31.1 Å². The SMILES string of the molecule is Cn1c(=O)n(CC2CCC(C(=O)N3CCN(c4ncccn4)CC3)CC2)c2cc(Cl)ccc21. The summed E-state index contributed by atoms with van der Waals surface area (Å²) in [5.41, 5.74) is 1.77. The Kier molecular flexibility index (Phi) is 6.10. The average molecular weight is 469 g/mol. The number of nitrogens with zero attached hydrogens (tertiary/aromatic N) is 6. The van der Waals surface area contributed by atoms with E-state index in [1.807, 2.05) is 33.7 Å². The minimum absolute atomic E-state index is 0.00858. The van der Waals surface area contributed by atoms with E-state index in [-0.39, 0.29) is 17.5 Å². The lowest BCUT2D eigenvalue weighted by atomic mass is 9.81. The molecule has 2 fully saturated rings. The highest BCUT2D eigenvalue weighted by molar-refractivity contribution is 6.31. The summed E-state index contributed by atoms with van der Waals surface area (Å²) >= 11 is 6.19. The Labute approximate surface area is 197 Å². The first-order valence-electron chi connectivity index (χ1n) is 11.7. The number of hydrogen-bond donors (Lipinski definition) is 0. The normalized spacial score (nSPS) is 21.5. The number of aromatic nitrogens is 4. The quantitative estimate of drug-likeness (QED) is 0.588. The van der Waals surface area contributed by atoms with Crippen LogP contribution in [0.3, 0.4) is 0 Å². The number of fused-ring (bicyclic) bond motifs is 1. The van der Waals surface area contributed by atoms with Crippen LogP contribution in [0, 0.1) is 11.8 Å². The molecule has 2 aromatic heterocycles. The number of carbonyl (C=O) groups is 1. The molecule has 2 aliphatic rings. The van der Waals surface area contributed by atoms with Crippen molar-refractivity contribution in [1.29, 1.82) is 0 Å². The van der Waals surface area contributed by atoms with Crippen molar-refractivity contribution >= 4 is 34.5 Å². The van der Waals surface area contributed by atoms with Crippen LogP contribution in [0.2, 0.25) is 5.02 Å². The van der Waals surface area contributed by atoms with Crippen LogP contribution in [0.25, 0.3) is 11.0 Å². The lowest BCUT2D eigenvalue weighted by molar-refractivity contribution is -0.137. The summed E-state index contributed by atoms with van der Waals surface area (Å²) in [7, 11) is 1.80. The van der Waals surface area contributed by atoms with Crippen molar-refractivity contribution in [2.45, 2.75) is 32.2 Å². The summed E-state index contributed by atoms with van der Waals surface area (Å²) in [5, 5.41) is 0.634. The van der Waals surface area contributed by atoms with Gasteiger partial charge >= 0.3 is 5.69 Å². The fourth-order valence-electron chi connectivity index (χ4n) is 5.25. The van der Waals surface area contributed by atoms with Gasteiger partial charge in [0, 0.05) is 63.1 Å². The van der Waals surface area contributed by atoms with Crippen LogP contribution >= 0.6 is 11.6 Å². The van der Waals surface area contributed by atoms with E-state index in [0.29, 0.717) is 30.6 Å². The van der Waals surface area contributed by atoms with E-state index in [4.69, 9.17) is 11.6 Å². The summed E-state index contributed by atoms with van der Waals surface area (Å²) in [5.74, 6) is 1.48. The second kappa shape index (κ2) is 9.17. The van der Waals surface area contributed by atoms with Crippen molar-refractivity contribution in [3.05, 3.63) is 52.2 Å². The maximum atomic E-state index is 13.1. The van der Waals surface area contributed by atoms with Gasteiger partial charge in [-0.2, -0.15) is 0 Å². The third kappa shape index (κ3) is 4.36. The molecule has 0 spiro atoms. The lowest BCUT2D eigenvalue weighted by Gasteiger charge is -2.37. The predicted molar refractivity (Wildman–Crippen MR) is 128 cm³/mol. The molecule has 5 rings (SSSR count). The standard InChI is InChI=1S/C24H29ClN6O2/c1-28-20-8-7-19(25)15-21(20)31(24(28)33)16-17-3-5-18(6-4-17)22(32)29-11-13-30(14-12-29)23-26-9-2-10-27-23/h2,7-10,15,17-18H,3-6,11-14,16H2,1H3. The molecule has 1 aromatic carbocycles. The van der Waals surface area contributed by atoms with Gasteiger partial charge in [0.05, 0.1) is 11.0 Å². The molecule has 1 aliphatic heterocycles. The van der Waals surface area contributed by atoms with Gasteiger partial charge < -0.3 is 9.80 Å². The molecule has 1 saturated heterocycles. The number of halogens is 1. The number of hydrogen-bond acceptors (Lipinski definition) is 5. The summed E-state index contributed by atoms with van der Waals surface area (Å²) in [6.45, 7) is 3.62. The Hall–Kier alpha value is -2.87. The first-order valence-corrected chi connectivity index (χ1v) is 12.0. The lowest BCUT2D eigenvalue weighted by Crippen LogP contribution is -2.51. The molecule has 1 saturated carbocycles. The van der Waals surface area contributed by atoms with E-state index in [0.717, 1.165) is 55.8 Å². The van der Waals surface area contributed by atoms with Gasteiger partial charge in [0.2, 0.25) is 11.9 Å². The molecular weight excluding hydrogens is 440 g/mol. The van der Waals surface area contributed by atoms with Crippen LogP contribution in [0.1, 0.15) is 25.7 Å². The highest BCUT2D eigenvalue weighted by Gasteiger charge is 2.32. The molecule has 9 heteroatoms. The molecule has 3 aromatic rings. The second-order valence-electron chi connectivity index (χ2n) is 9.16. The summed E-state index contributed by atoms with van der Waals surface area (Å²) < 4.78 is 3.53. The molecule has 0 bridgehead atoms. The Bertz CT molecular complexity index is 1190. The third-order valence-corrected chi connectivity index (χ3v) is 7.41. The maximum Gasteiger partial charge on any atom is 0.328 e. The van der Waals surface area contributed by atoms with Crippen molar-refractivity contribution in [3.8, 4) is 0 Å². The highest BCUT2D eigenvalue weighted by atomic mass is 35.5. The van der Waals surface area contributed by atoms with E-state index < -0.39 is 0 Å². The average Bonchev–Trinajstić information content (AvgIpc) is 3.09. The number of anilines is 1. The molecule has 0 radical (unpaired) electrons. The maximum absolute atomic E-state index is 13.1. The summed E-state index contributed by atoms with van der Waals surface area (Å²) in [6, 6.07) is 7.39. The van der Waals surface area contributed by atoms with Gasteiger partial charge in [0.1, 0.15) is 0 Å². The molecular formula is C24H29ClN6O2. The van der Waals surface area contributed by atoms with Gasteiger partial charge in [-0.3, -0.25) is 13.9 Å². The predicted octanol–water partition coefficient (Wildman–Crippen LogP) is 2.94. The molecule has 0 atom stereocenters. The van der Waals surface area contributed by atoms with Gasteiger partial charge in [-0.1, -0.05) is 11.6 Å². The first-order chi connectivity index (χ1) is 16.0. The van der Waals surface area contributed by atoms with Crippen molar-refractivity contribution in [1.82, 2.24) is 24.0 Å². The molecule has 0 unspecified atom stereocenters. The highest BCUT2D eigenvalue weighted by Crippen LogP contribution is 2.32. The van der Waals surface area contributed by atoms with E-state index in [9.17, 15) is 9.59 Å². The zero-order valence-electron chi connectivity index (χ0n) is 18.9. The number of piperazine rings is 1. The number of carbonyl (C=O) groups excluding carboxylic acids is 1. The second-order valence-corrected chi connectivity index (χ2v) is 9.60. The van der Waals surface area contributed by atoms with E-state index in [2.05, 4.69) is 14.9 Å². The van der Waals surface area contributed by atoms with E-state index in [1.165, 1.54) is 0 Å². The molecule has 1 amide bonds. The Morgan fingerprint density at radius 3 is 2.42 bits per heavy atom. The minimum atomic E-state index is -0.00858. The van der Waals surface area contributed by atoms with Crippen molar-refractivity contribution in [2.24, 2.45) is 18.9 Å². The van der Waals surface area contributed by atoms with Gasteiger partial charge in [0.25, 0.3) is 0 Å². The van der Waals surface area contributed by atoms with Crippen molar-refractivity contribution in [3.63, 3.8) is 0 Å². The molecule has 1 aliphatic carbocycles. The third-order valence-electron chi connectivity index (χ3n) is 7.17. The number of imidazole rings is 1. The zero-order valence-corrected chi connectivity index (χ0v) is 19.6. The van der Waals surface area contributed by atoms with Crippen molar-refractivity contribution < 1.29 is 4.79 Å². The van der Waals surface area contributed by atoms with Gasteiger partial charge in [-0.05, 0) is 55.9 Å². The molecule has 8 nitrogen and oxygen atoms in total. The Morgan fingerprint density at radius 2 is 1.73 bits per heavy atom. The summed E-state index contributed by atoms with van der Waals surface area (Å²) in [4.78, 5) is 38.7. The van der Waals surface area contributed by atoms with Gasteiger partial charge in [0.15, 0.2) is 0 Å². The van der Waals surface area contributed by atoms with Crippen LogP contribution in [-0.2, 0) is 18.4 Å². The number of rotatable bonds is 4. The minimum Gasteiger partial charge on any atom is -0.339 e. The topological polar surface area (TPSA) is 76.3 Å². The zero-order chi connectivity index (χ0) is 22.9. The number of amides is 1. The first kappa shape index (κ1) is 21.9. The largest absolute Gasteiger partial charge is 0.339 e. The van der Waals surface area contributed by atoms with Crippen LogP contribution in [-0.4, -0.2) is 56.1 Å². The molecule has 33 heavy (non-hydrogen) atoms. The van der Waals surface area contributed by atoms with Crippen LogP contribution in [0.4, 0.5) is 5.95 Å². The van der Waals surface area contributed by atoms with E-state index >= 15 is 0 Å². The monoisotopic (exact) mass is 468 g/mol. The Balaban J connectivity index is 1.17. The van der Waals surface area contributed by atoms with Gasteiger partial charge in [-0.25, -0.2) is 14.8 Å². The number of aryl methyl sites for hydroxylation is 1.